The number of alkyl halides is 1. The fourth-order valence-corrected chi connectivity index (χ4v) is 3.33. The van der Waals surface area contributed by atoms with Crippen molar-refractivity contribution in [2.24, 2.45) is 5.73 Å². The van der Waals surface area contributed by atoms with Gasteiger partial charge >= 0.3 is 0 Å². The van der Waals surface area contributed by atoms with Crippen molar-refractivity contribution in [2.75, 3.05) is 44.1 Å². The monoisotopic (exact) mass is 417 g/mol. The van der Waals surface area contributed by atoms with E-state index >= 15 is 0 Å². The lowest BCUT2D eigenvalue weighted by molar-refractivity contribution is 0.301. The molecular weight excluding hydrogens is 389 g/mol. The molecule has 0 aliphatic rings. The Labute approximate surface area is 174 Å². The summed E-state index contributed by atoms with van der Waals surface area (Å²) < 4.78 is 19.8. The number of anilines is 2. The van der Waals surface area contributed by atoms with E-state index in [1.54, 1.807) is 18.0 Å². The molecule has 3 aromatic rings. The van der Waals surface area contributed by atoms with Crippen molar-refractivity contribution >= 4 is 22.8 Å². The molecule has 1 aromatic carbocycles. The molecular formula is C20H28FN7O2. The Morgan fingerprint density at radius 2 is 2.07 bits per heavy atom. The highest BCUT2D eigenvalue weighted by atomic mass is 19.1. The van der Waals surface area contributed by atoms with E-state index in [4.69, 9.17) is 16.2 Å². The Bertz CT molecular complexity index is 979. The molecule has 0 atom stereocenters. The molecule has 0 radical (unpaired) electrons. The largest absolute Gasteiger partial charge is 0.496 e. The minimum absolute atomic E-state index is 0.0631. The van der Waals surface area contributed by atoms with E-state index in [0.717, 1.165) is 16.9 Å². The average molecular weight is 417 g/mol. The van der Waals surface area contributed by atoms with E-state index in [9.17, 15) is 9.50 Å². The molecule has 2 heterocycles. The molecule has 162 valence electrons. The lowest BCUT2D eigenvalue weighted by atomic mass is 10.1. The van der Waals surface area contributed by atoms with Crippen molar-refractivity contribution in [1.29, 1.82) is 0 Å². The average Bonchev–Trinajstić information content (AvgIpc) is 3.15. The molecule has 0 spiro atoms. The zero-order valence-electron chi connectivity index (χ0n) is 17.1. The Balaban J connectivity index is 1.95. The van der Waals surface area contributed by atoms with E-state index in [2.05, 4.69) is 15.1 Å². The zero-order chi connectivity index (χ0) is 21.5. The third-order valence-corrected chi connectivity index (χ3v) is 4.81. The number of ether oxygens (including phenoxy) is 1. The standard InChI is InChI=1S/C20H28FN7O2/c1-30-17-10-14(11-22)4-5-15(17)12-28-13-16-18(26-28)19(25-20(23)24-16)27(8-9-29)7-3-2-6-21/h4-5,10,13,29H,2-3,6-9,11-12,22H2,1H3,(H2,23,24). The third kappa shape index (κ3) is 4.95. The molecule has 0 fully saturated rings. The predicted octanol–water partition coefficient (Wildman–Crippen LogP) is 1.47. The smallest absolute Gasteiger partial charge is 0.222 e. The molecule has 10 heteroatoms. The number of aliphatic hydroxyl groups is 1. The van der Waals surface area contributed by atoms with Gasteiger partial charge in [-0.1, -0.05) is 12.1 Å². The number of fused-ring (bicyclic) bond motifs is 1. The van der Waals surface area contributed by atoms with Crippen LogP contribution in [0.4, 0.5) is 16.2 Å². The fourth-order valence-electron chi connectivity index (χ4n) is 3.33. The van der Waals surface area contributed by atoms with Gasteiger partial charge in [-0.2, -0.15) is 10.1 Å². The SMILES string of the molecule is COc1cc(CN)ccc1Cn1cc2nc(N)nc(N(CCO)CCCCF)c2n1. The summed E-state index contributed by atoms with van der Waals surface area (Å²) in [5, 5.41) is 14.1. The number of hydrogen-bond donors (Lipinski definition) is 3. The van der Waals surface area contributed by atoms with Gasteiger partial charge in [0.25, 0.3) is 0 Å². The van der Waals surface area contributed by atoms with Crippen LogP contribution in [0.15, 0.2) is 24.4 Å². The van der Waals surface area contributed by atoms with E-state index in [0.29, 0.717) is 55.9 Å². The van der Waals surface area contributed by atoms with Crippen molar-refractivity contribution < 1.29 is 14.2 Å². The molecule has 30 heavy (non-hydrogen) atoms. The van der Waals surface area contributed by atoms with Gasteiger partial charge in [0.1, 0.15) is 11.3 Å². The van der Waals surface area contributed by atoms with Crippen molar-refractivity contribution in [3.63, 3.8) is 0 Å². The summed E-state index contributed by atoms with van der Waals surface area (Å²) in [5.41, 5.74) is 14.7. The van der Waals surface area contributed by atoms with Crippen LogP contribution in [0.5, 0.6) is 5.75 Å². The second kappa shape index (κ2) is 10.2. The van der Waals surface area contributed by atoms with Gasteiger partial charge in [0, 0.05) is 25.2 Å². The van der Waals surface area contributed by atoms with E-state index in [-0.39, 0.29) is 19.2 Å². The van der Waals surface area contributed by atoms with Gasteiger partial charge in [-0.15, -0.1) is 0 Å². The molecule has 0 aliphatic heterocycles. The molecule has 0 saturated carbocycles. The van der Waals surface area contributed by atoms with Crippen LogP contribution in [0.3, 0.4) is 0 Å². The van der Waals surface area contributed by atoms with Crippen molar-refractivity contribution in [3.05, 3.63) is 35.5 Å². The molecule has 3 rings (SSSR count). The van der Waals surface area contributed by atoms with Crippen LogP contribution < -0.4 is 21.1 Å². The molecule has 5 N–H and O–H groups in total. The number of aromatic nitrogens is 4. The highest BCUT2D eigenvalue weighted by Gasteiger charge is 2.17. The molecule has 0 amide bonds. The maximum atomic E-state index is 12.5. The number of aliphatic hydroxyl groups excluding tert-OH is 1. The lowest BCUT2D eigenvalue weighted by Crippen LogP contribution is -2.29. The molecule has 0 unspecified atom stereocenters. The van der Waals surface area contributed by atoms with Gasteiger partial charge in [-0.25, -0.2) is 4.98 Å². The van der Waals surface area contributed by atoms with Crippen LogP contribution in [0.25, 0.3) is 11.0 Å². The van der Waals surface area contributed by atoms with Gasteiger partial charge in [-0.05, 0) is 24.5 Å². The highest BCUT2D eigenvalue weighted by Crippen LogP contribution is 2.26. The minimum Gasteiger partial charge on any atom is -0.496 e. The van der Waals surface area contributed by atoms with Gasteiger partial charge < -0.3 is 26.2 Å². The Hall–Kier alpha value is -2.98. The maximum Gasteiger partial charge on any atom is 0.222 e. The number of nitrogen functional groups attached to an aromatic ring is 1. The molecule has 9 nitrogen and oxygen atoms in total. The summed E-state index contributed by atoms with van der Waals surface area (Å²) in [4.78, 5) is 10.5. The third-order valence-electron chi connectivity index (χ3n) is 4.81. The van der Waals surface area contributed by atoms with Crippen molar-refractivity contribution in [2.45, 2.75) is 25.9 Å². The number of hydrogen-bond acceptors (Lipinski definition) is 8. The van der Waals surface area contributed by atoms with Gasteiger partial charge in [0.2, 0.25) is 5.95 Å². The summed E-state index contributed by atoms with van der Waals surface area (Å²) in [6.07, 6.45) is 2.87. The number of halogens is 1. The van der Waals surface area contributed by atoms with E-state index < -0.39 is 0 Å². The summed E-state index contributed by atoms with van der Waals surface area (Å²) >= 11 is 0. The summed E-state index contributed by atoms with van der Waals surface area (Å²) in [6.45, 7) is 1.34. The molecule has 0 bridgehead atoms. The highest BCUT2D eigenvalue weighted by molar-refractivity contribution is 5.86. The normalized spacial score (nSPS) is 11.2. The topological polar surface area (TPSA) is 128 Å². The van der Waals surface area contributed by atoms with Crippen LogP contribution in [0.2, 0.25) is 0 Å². The second-order valence-corrected chi connectivity index (χ2v) is 6.92. The lowest BCUT2D eigenvalue weighted by Gasteiger charge is -2.22. The first-order valence-corrected chi connectivity index (χ1v) is 9.88. The molecule has 0 aliphatic carbocycles. The summed E-state index contributed by atoms with van der Waals surface area (Å²) in [6, 6.07) is 5.83. The first-order valence-electron chi connectivity index (χ1n) is 9.88. The summed E-state index contributed by atoms with van der Waals surface area (Å²) in [5.74, 6) is 1.39. The number of nitrogens with zero attached hydrogens (tertiary/aromatic N) is 5. The van der Waals surface area contributed by atoms with Crippen molar-refractivity contribution in [3.8, 4) is 5.75 Å². The first-order chi connectivity index (χ1) is 14.6. The number of unbranched alkanes of at least 4 members (excludes halogenated alkanes) is 1. The number of rotatable bonds is 11. The zero-order valence-corrected chi connectivity index (χ0v) is 17.1. The van der Waals surface area contributed by atoms with E-state index in [1.165, 1.54) is 0 Å². The first kappa shape index (κ1) is 21.7. The van der Waals surface area contributed by atoms with E-state index in [1.807, 2.05) is 23.1 Å². The van der Waals surface area contributed by atoms with Gasteiger partial charge in [0.05, 0.1) is 33.1 Å². The number of benzene rings is 1. The minimum atomic E-state index is -0.381. The van der Waals surface area contributed by atoms with Crippen LogP contribution in [-0.2, 0) is 13.1 Å². The Kier molecular flexibility index (Phi) is 7.36. The Morgan fingerprint density at radius 1 is 1.23 bits per heavy atom. The second-order valence-electron chi connectivity index (χ2n) is 6.92. The van der Waals surface area contributed by atoms with Crippen molar-refractivity contribution in [1.82, 2.24) is 19.7 Å². The maximum absolute atomic E-state index is 12.5. The van der Waals surface area contributed by atoms with Crippen LogP contribution in [0.1, 0.15) is 24.0 Å². The van der Waals surface area contributed by atoms with Gasteiger partial charge in [-0.3, -0.25) is 9.07 Å². The molecule has 0 saturated heterocycles. The predicted molar refractivity (Wildman–Crippen MR) is 114 cm³/mol. The quantitative estimate of drug-likeness (QED) is 0.400. The number of methoxy groups -OCH3 is 1. The van der Waals surface area contributed by atoms with Crippen LogP contribution in [-0.4, -0.2) is 58.3 Å². The fraction of sp³-hybridized carbons (Fsp3) is 0.450. The van der Waals surface area contributed by atoms with Crippen LogP contribution >= 0.6 is 0 Å². The number of nitrogens with two attached hydrogens (primary N) is 2. The van der Waals surface area contributed by atoms with Gasteiger partial charge in [0.15, 0.2) is 11.3 Å². The van der Waals surface area contributed by atoms with Crippen LogP contribution in [0, 0.1) is 0 Å². The summed E-state index contributed by atoms with van der Waals surface area (Å²) in [7, 11) is 1.62. The Morgan fingerprint density at radius 3 is 2.77 bits per heavy atom. The molecule has 2 aromatic heterocycles.